The van der Waals surface area contributed by atoms with Crippen LogP contribution < -0.4 is 10.6 Å². The Morgan fingerprint density at radius 3 is 2.47 bits per heavy atom. The van der Waals surface area contributed by atoms with Crippen molar-refractivity contribution >= 4 is 17.7 Å². The first-order valence-electron chi connectivity index (χ1n) is 14.9. The Labute approximate surface area is 253 Å². The first-order chi connectivity index (χ1) is 20.5. The minimum Gasteiger partial charge on any atom is -0.342 e. The molecule has 1 saturated heterocycles. The van der Waals surface area contributed by atoms with Crippen LogP contribution in [0.15, 0.2) is 60.8 Å². The zero-order chi connectivity index (χ0) is 31.1. The van der Waals surface area contributed by atoms with E-state index in [0.29, 0.717) is 26.1 Å². The molecule has 4 rings (SSSR count). The van der Waals surface area contributed by atoms with Crippen molar-refractivity contribution in [3.63, 3.8) is 0 Å². The second-order valence-corrected chi connectivity index (χ2v) is 12.3. The van der Waals surface area contributed by atoms with Gasteiger partial charge < -0.3 is 25.4 Å². The van der Waals surface area contributed by atoms with E-state index in [9.17, 15) is 18.8 Å². The van der Waals surface area contributed by atoms with Crippen molar-refractivity contribution in [3.05, 3.63) is 78.0 Å². The van der Waals surface area contributed by atoms with Crippen molar-refractivity contribution in [2.24, 2.45) is 5.41 Å². The van der Waals surface area contributed by atoms with E-state index >= 15 is 0 Å². The molecule has 3 atom stereocenters. The lowest BCUT2D eigenvalue weighted by atomic mass is 9.85. The topological polar surface area (TPSA) is 110 Å². The van der Waals surface area contributed by atoms with Crippen LogP contribution >= 0.6 is 0 Å². The van der Waals surface area contributed by atoms with Crippen molar-refractivity contribution in [1.82, 2.24) is 30.4 Å². The lowest BCUT2D eigenvalue weighted by molar-refractivity contribution is -0.140. The third kappa shape index (κ3) is 8.07. The highest BCUT2D eigenvalue weighted by Crippen LogP contribution is 2.27. The SMILES string of the molecule is CN[C@@H](C)C(=O)N[C@H](C(=O)N1CCC[C@H]1CN(CCc1ccc(F)cc1)C(=O)c1ncc(-c2ccccc2)[nH]1)C(C)(C)C. The highest BCUT2D eigenvalue weighted by Gasteiger charge is 2.41. The van der Waals surface area contributed by atoms with E-state index in [-0.39, 0.29) is 35.4 Å². The molecule has 9 nitrogen and oxygen atoms in total. The summed E-state index contributed by atoms with van der Waals surface area (Å²) in [5.41, 5.74) is 2.03. The molecular weight excluding hydrogens is 547 g/mol. The maximum Gasteiger partial charge on any atom is 0.289 e. The standard InChI is InChI=1S/C33H43FN6O3/c1-22(35-5)30(41)38-28(33(2,3)4)31(42)40-18-9-12-26(40)21-39(19-17-23-13-15-25(34)16-14-23)32(43)29-36-20-27(37-29)24-10-7-6-8-11-24/h6-8,10-11,13-16,20,22,26,28,35H,9,12,17-19,21H2,1-5H3,(H,36,37)(H,38,41)/t22-,26-,28+/m0/s1. The molecule has 0 saturated carbocycles. The maximum absolute atomic E-state index is 14.0. The van der Waals surface area contributed by atoms with Gasteiger partial charge in [0.1, 0.15) is 11.9 Å². The number of amides is 3. The van der Waals surface area contributed by atoms with Crippen LogP contribution in [0.25, 0.3) is 11.3 Å². The summed E-state index contributed by atoms with van der Waals surface area (Å²) in [6.07, 6.45) is 3.70. The minimum absolute atomic E-state index is 0.151. The molecule has 3 amide bonds. The average molecular weight is 591 g/mol. The van der Waals surface area contributed by atoms with Crippen LogP contribution in [-0.4, -0.2) is 82.3 Å². The lowest BCUT2D eigenvalue weighted by Gasteiger charge is -2.37. The molecule has 2 aromatic carbocycles. The zero-order valence-corrected chi connectivity index (χ0v) is 25.7. The van der Waals surface area contributed by atoms with E-state index in [1.807, 2.05) is 56.0 Å². The van der Waals surface area contributed by atoms with Crippen LogP contribution in [0.5, 0.6) is 0 Å². The van der Waals surface area contributed by atoms with Gasteiger partial charge in [-0.3, -0.25) is 14.4 Å². The van der Waals surface area contributed by atoms with Gasteiger partial charge in [0.25, 0.3) is 5.91 Å². The highest BCUT2D eigenvalue weighted by molar-refractivity contribution is 5.92. The summed E-state index contributed by atoms with van der Waals surface area (Å²) in [6.45, 7) is 8.78. The molecule has 0 unspecified atom stereocenters. The molecule has 0 aliphatic carbocycles. The van der Waals surface area contributed by atoms with Crippen LogP contribution in [0.1, 0.15) is 56.7 Å². The fourth-order valence-corrected chi connectivity index (χ4v) is 5.32. The molecule has 0 spiro atoms. The smallest absolute Gasteiger partial charge is 0.289 e. The molecule has 1 aromatic heterocycles. The van der Waals surface area contributed by atoms with Crippen LogP contribution in [0.3, 0.4) is 0 Å². The van der Waals surface area contributed by atoms with Gasteiger partial charge in [0, 0.05) is 25.7 Å². The number of likely N-dealkylation sites (N-methyl/N-ethyl adjacent to an activating group) is 1. The summed E-state index contributed by atoms with van der Waals surface area (Å²) in [5, 5.41) is 5.88. The Balaban J connectivity index is 1.56. The van der Waals surface area contributed by atoms with E-state index in [2.05, 4.69) is 20.6 Å². The molecule has 2 heterocycles. The molecule has 230 valence electrons. The maximum atomic E-state index is 14.0. The van der Waals surface area contributed by atoms with Gasteiger partial charge >= 0.3 is 0 Å². The van der Waals surface area contributed by atoms with Gasteiger partial charge in [0.05, 0.1) is 17.9 Å². The number of likely N-dealkylation sites (tertiary alicyclic amines) is 1. The summed E-state index contributed by atoms with van der Waals surface area (Å²) < 4.78 is 13.5. The highest BCUT2D eigenvalue weighted by atomic mass is 19.1. The molecule has 0 radical (unpaired) electrons. The third-order valence-electron chi connectivity index (χ3n) is 8.05. The van der Waals surface area contributed by atoms with Gasteiger partial charge in [-0.2, -0.15) is 0 Å². The van der Waals surface area contributed by atoms with E-state index < -0.39 is 17.5 Å². The number of aromatic nitrogens is 2. The zero-order valence-electron chi connectivity index (χ0n) is 25.7. The van der Waals surface area contributed by atoms with Crippen LogP contribution in [-0.2, 0) is 16.0 Å². The number of aromatic amines is 1. The fraction of sp³-hybridized carbons (Fsp3) is 0.455. The fourth-order valence-electron chi connectivity index (χ4n) is 5.32. The summed E-state index contributed by atoms with van der Waals surface area (Å²) in [7, 11) is 1.70. The summed E-state index contributed by atoms with van der Waals surface area (Å²) >= 11 is 0. The number of H-pyrrole nitrogens is 1. The van der Waals surface area contributed by atoms with E-state index in [4.69, 9.17) is 0 Å². The van der Waals surface area contributed by atoms with Gasteiger partial charge in [-0.1, -0.05) is 63.2 Å². The van der Waals surface area contributed by atoms with E-state index in [1.165, 1.54) is 12.1 Å². The van der Waals surface area contributed by atoms with Gasteiger partial charge in [-0.25, -0.2) is 9.37 Å². The van der Waals surface area contributed by atoms with Crippen molar-refractivity contribution in [2.75, 3.05) is 26.7 Å². The molecular formula is C33H43FN6O3. The molecule has 0 bridgehead atoms. The lowest BCUT2D eigenvalue weighted by Crippen LogP contribution is -2.59. The van der Waals surface area contributed by atoms with Crippen LogP contribution in [0.2, 0.25) is 0 Å². The average Bonchev–Trinajstić information content (AvgIpc) is 3.68. The van der Waals surface area contributed by atoms with Gasteiger partial charge in [-0.15, -0.1) is 0 Å². The second-order valence-electron chi connectivity index (χ2n) is 12.3. The van der Waals surface area contributed by atoms with E-state index in [1.54, 1.807) is 37.2 Å². The molecule has 1 aliphatic rings. The molecule has 3 N–H and O–H groups in total. The first-order valence-corrected chi connectivity index (χ1v) is 14.9. The largest absolute Gasteiger partial charge is 0.342 e. The molecule has 1 aliphatic heterocycles. The Morgan fingerprint density at radius 1 is 1.12 bits per heavy atom. The number of imidazole rings is 1. The second kappa shape index (κ2) is 13.9. The molecule has 43 heavy (non-hydrogen) atoms. The molecule has 3 aromatic rings. The minimum atomic E-state index is -0.724. The number of rotatable bonds is 11. The van der Waals surface area contributed by atoms with E-state index in [0.717, 1.165) is 29.7 Å². The Morgan fingerprint density at radius 2 is 1.81 bits per heavy atom. The molecule has 1 fully saturated rings. The van der Waals surface area contributed by atoms with Gasteiger partial charge in [0.2, 0.25) is 11.8 Å². The number of carbonyl (C=O) groups is 3. The first kappa shape index (κ1) is 31.9. The quantitative estimate of drug-likeness (QED) is 0.312. The van der Waals surface area contributed by atoms with Crippen molar-refractivity contribution in [1.29, 1.82) is 0 Å². The normalized spacial score (nSPS) is 16.5. The van der Waals surface area contributed by atoms with Gasteiger partial charge in [0.15, 0.2) is 5.82 Å². The van der Waals surface area contributed by atoms with Gasteiger partial charge in [-0.05, 0) is 61.9 Å². The summed E-state index contributed by atoms with van der Waals surface area (Å²) in [5.74, 6) is -0.760. The third-order valence-corrected chi connectivity index (χ3v) is 8.05. The van der Waals surface area contributed by atoms with Crippen molar-refractivity contribution in [2.45, 2.75) is 65.1 Å². The number of nitrogens with zero attached hydrogens (tertiary/aromatic N) is 3. The summed E-state index contributed by atoms with van der Waals surface area (Å²) in [4.78, 5) is 51.7. The number of halogens is 1. The number of hydrogen-bond donors (Lipinski definition) is 3. The Kier molecular flexibility index (Phi) is 10.3. The summed E-state index contributed by atoms with van der Waals surface area (Å²) in [6, 6.07) is 14.5. The Hall–Kier alpha value is -4.05. The van der Waals surface area contributed by atoms with Crippen LogP contribution in [0, 0.1) is 11.2 Å². The Bertz CT molecular complexity index is 1390. The van der Waals surface area contributed by atoms with Crippen LogP contribution in [0.4, 0.5) is 4.39 Å². The number of hydrogen-bond acceptors (Lipinski definition) is 5. The monoisotopic (exact) mass is 590 g/mol. The predicted molar refractivity (Wildman–Crippen MR) is 165 cm³/mol. The molecule has 10 heteroatoms. The van der Waals surface area contributed by atoms with Crippen molar-refractivity contribution in [3.8, 4) is 11.3 Å². The number of carbonyl (C=O) groups excluding carboxylic acids is 3. The number of benzene rings is 2. The van der Waals surface area contributed by atoms with Crippen molar-refractivity contribution < 1.29 is 18.8 Å². The number of nitrogens with one attached hydrogen (secondary N) is 3. The predicted octanol–water partition coefficient (Wildman–Crippen LogP) is 4.03.